The standard InChI is InChI=1S/C15H17N3O4/c1-3-18-14(19)7-13(17-15(18)20)16-9(2)10-4-5-11-12(6-10)22-8-21-11/h4-7,9,16H,3,8H2,1-2H3,(H,17,20)/t9-/m0/s1. The highest BCUT2D eigenvalue weighted by atomic mass is 16.7. The van der Waals surface area contributed by atoms with E-state index in [1.54, 1.807) is 6.92 Å². The number of anilines is 1. The Kier molecular flexibility index (Phi) is 3.62. The molecule has 116 valence electrons. The second-order valence-corrected chi connectivity index (χ2v) is 5.05. The van der Waals surface area contributed by atoms with E-state index in [0.717, 1.165) is 15.9 Å². The minimum atomic E-state index is -0.421. The predicted molar refractivity (Wildman–Crippen MR) is 81.6 cm³/mol. The number of nitrogens with one attached hydrogen (secondary N) is 2. The van der Waals surface area contributed by atoms with Crippen molar-refractivity contribution in [2.75, 3.05) is 12.1 Å². The summed E-state index contributed by atoms with van der Waals surface area (Å²) in [6, 6.07) is 6.91. The van der Waals surface area contributed by atoms with Crippen molar-refractivity contribution in [3.8, 4) is 11.5 Å². The fourth-order valence-electron chi connectivity index (χ4n) is 2.40. The molecule has 1 atom stereocenters. The minimum absolute atomic E-state index is 0.109. The van der Waals surface area contributed by atoms with E-state index >= 15 is 0 Å². The van der Waals surface area contributed by atoms with Crippen LogP contribution in [0.3, 0.4) is 0 Å². The van der Waals surface area contributed by atoms with Gasteiger partial charge in [-0.3, -0.25) is 14.3 Å². The molecule has 2 heterocycles. The fourth-order valence-corrected chi connectivity index (χ4v) is 2.40. The molecule has 1 aliphatic rings. The number of ether oxygens (including phenoxy) is 2. The van der Waals surface area contributed by atoms with E-state index in [4.69, 9.17) is 9.47 Å². The molecule has 0 unspecified atom stereocenters. The molecule has 2 N–H and O–H groups in total. The van der Waals surface area contributed by atoms with Crippen molar-refractivity contribution >= 4 is 5.82 Å². The normalized spacial score (nSPS) is 13.9. The van der Waals surface area contributed by atoms with Gasteiger partial charge in [0.05, 0.1) is 6.04 Å². The molecule has 3 rings (SSSR count). The Bertz CT molecular complexity index is 778. The summed E-state index contributed by atoms with van der Waals surface area (Å²) < 4.78 is 11.8. The van der Waals surface area contributed by atoms with Crippen molar-refractivity contribution < 1.29 is 9.47 Å². The average molecular weight is 303 g/mol. The van der Waals surface area contributed by atoms with Crippen LogP contribution in [0.15, 0.2) is 33.9 Å². The first-order chi connectivity index (χ1) is 10.6. The van der Waals surface area contributed by atoms with Crippen molar-refractivity contribution in [1.29, 1.82) is 0 Å². The molecule has 0 saturated carbocycles. The van der Waals surface area contributed by atoms with Crippen molar-refractivity contribution in [3.05, 3.63) is 50.7 Å². The van der Waals surface area contributed by atoms with Crippen molar-refractivity contribution in [1.82, 2.24) is 9.55 Å². The zero-order chi connectivity index (χ0) is 15.7. The second-order valence-electron chi connectivity index (χ2n) is 5.05. The Balaban J connectivity index is 1.84. The van der Waals surface area contributed by atoms with Gasteiger partial charge in [-0.15, -0.1) is 0 Å². The van der Waals surface area contributed by atoms with Crippen molar-refractivity contribution in [2.45, 2.75) is 26.4 Å². The van der Waals surface area contributed by atoms with Crippen LogP contribution in [0.25, 0.3) is 0 Å². The molecule has 0 amide bonds. The molecule has 22 heavy (non-hydrogen) atoms. The lowest BCUT2D eigenvalue weighted by atomic mass is 10.1. The Morgan fingerprint density at radius 1 is 1.27 bits per heavy atom. The summed E-state index contributed by atoms with van der Waals surface area (Å²) in [4.78, 5) is 26.3. The van der Waals surface area contributed by atoms with E-state index in [0.29, 0.717) is 18.1 Å². The Morgan fingerprint density at radius 2 is 2.05 bits per heavy atom. The topological polar surface area (TPSA) is 85.3 Å². The summed E-state index contributed by atoms with van der Waals surface area (Å²) in [6.07, 6.45) is 0. The number of fused-ring (bicyclic) bond motifs is 1. The Hall–Kier alpha value is -2.70. The lowest BCUT2D eigenvalue weighted by Crippen LogP contribution is -2.34. The molecule has 1 aliphatic heterocycles. The van der Waals surface area contributed by atoms with Gasteiger partial charge >= 0.3 is 5.69 Å². The van der Waals surface area contributed by atoms with Crippen LogP contribution in [-0.4, -0.2) is 16.3 Å². The first kappa shape index (κ1) is 14.2. The first-order valence-corrected chi connectivity index (χ1v) is 7.08. The van der Waals surface area contributed by atoms with Gasteiger partial charge in [-0.05, 0) is 31.5 Å². The van der Waals surface area contributed by atoms with Crippen LogP contribution >= 0.6 is 0 Å². The van der Waals surface area contributed by atoms with Gasteiger partial charge in [0.1, 0.15) is 5.82 Å². The maximum atomic E-state index is 11.8. The number of hydrogen-bond donors (Lipinski definition) is 2. The van der Waals surface area contributed by atoms with E-state index in [9.17, 15) is 9.59 Å². The lowest BCUT2D eigenvalue weighted by Gasteiger charge is -2.16. The van der Waals surface area contributed by atoms with Crippen LogP contribution < -0.4 is 26.0 Å². The van der Waals surface area contributed by atoms with E-state index in [2.05, 4.69) is 10.3 Å². The molecule has 0 bridgehead atoms. The van der Waals surface area contributed by atoms with E-state index in [1.165, 1.54) is 6.07 Å². The maximum Gasteiger partial charge on any atom is 0.329 e. The molecule has 7 heteroatoms. The minimum Gasteiger partial charge on any atom is -0.454 e. The molecular weight excluding hydrogens is 286 g/mol. The third-order valence-corrected chi connectivity index (χ3v) is 3.61. The largest absolute Gasteiger partial charge is 0.454 e. The maximum absolute atomic E-state index is 11.8. The fraction of sp³-hybridized carbons (Fsp3) is 0.333. The first-order valence-electron chi connectivity index (χ1n) is 7.08. The smallest absolute Gasteiger partial charge is 0.329 e. The summed E-state index contributed by atoms with van der Waals surface area (Å²) >= 11 is 0. The SMILES string of the molecule is CCn1c(=O)cc(N[C@@H](C)c2ccc3c(c2)OCO3)[nH]c1=O. The van der Waals surface area contributed by atoms with Gasteiger partial charge < -0.3 is 14.8 Å². The summed E-state index contributed by atoms with van der Waals surface area (Å²) in [5.41, 5.74) is 0.215. The van der Waals surface area contributed by atoms with E-state index in [-0.39, 0.29) is 18.4 Å². The average Bonchev–Trinajstić information content (AvgIpc) is 2.94. The highest BCUT2D eigenvalue weighted by molar-refractivity contribution is 5.47. The molecule has 1 aromatic heterocycles. The number of H-pyrrole nitrogens is 1. The quantitative estimate of drug-likeness (QED) is 0.893. The van der Waals surface area contributed by atoms with Crippen molar-refractivity contribution in [3.63, 3.8) is 0 Å². The van der Waals surface area contributed by atoms with Crippen LogP contribution in [0, 0.1) is 0 Å². The molecule has 0 aliphatic carbocycles. The highest BCUT2D eigenvalue weighted by Crippen LogP contribution is 2.34. The van der Waals surface area contributed by atoms with Crippen LogP contribution in [0.1, 0.15) is 25.5 Å². The molecule has 0 saturated heterocycles. The highest BCUT2D eigenvalue weighted by Gasteiger charge is 2.16. The third-order valence-electron chi connectivity index (χ3n) is 3.61. The molecule has 0 fully saturated rings. The summed E-state index contributed by atoms with van der Waals surface area (Å²) in [7, 11) is 0. The van der Waals surface area contributed by atoms with E-state index in [1.807, 2.05) is 25.1 Å². The number of aromatic nitrogens is 2. The molecule has 2 aromatic rings. The van der Waals surface area contributed by atoms with E-state index < -0.39 is 5.69 Å². The zero-order valence-electron chi connectivity index (χ0n) is 12.4. The Morgan fingerprint density at radius 3 is 2.77 bits per heavy atom. The van der Waals surface area contributed by atoms with Crippen LogP contribution in [-0.2, 0) is 6.54 Å². The molecule has 1 aromatic carbocycles. The van der Waals surface area contributed by atoms with Gasteiger partial charge in [0, 0.05) is 12.6 Å². The zero-order valence-corrected chi connectivity index (χ0v) is 12.4. The number of benzene rings is 1. The summed E-state index contributed by atoms with van der Waals surface area (Å²) in [5, 5.41) is 3.12. The van der Waals surface area contributed by atoms with Crippen LogP contribution in [0.4, 0.5) is 5.82 Å². The number of nitrogens with zero attached hydrogens (tertiary/aromatic N) is 1. The lowest BCUT2D eigenvalue weighted by molar-refractivity contribution is 0.174. The van der Waals surface area contributed by atoms with Gasteiger partial charge in [0.25, 0.3) is 5.56 Å². The number of rotatable bonds is 4. The van der Waals surface area contributed by atoms with Gasteiger partial charge in [-0.25, -0.2) is 4.79 Å². The summed E-state index contributed by atoms with van der Waals surface area (Å²) in [5.74, 6) is 1.81. The predicted octanol–water partition coefficient (Wildman–Crippen LogP) is 1.46. The Labute approximate surface area is 126 Å². The van der Waals surface area contributed by atoms with Crippen LogP contribution in [0.5, 0.6) is 11.5 Å². The number of hydrogen-bond acceptors (Lipinski definition) is 5. The van der Waals surface area contributed by atoms with Crippen molar-refractivity contribution in [2.24, 2.45) is 0 Å². The molecule has 7 nitrogen and oxygen atoms in total. The van der Waals surface area contributed by atoms with Gasteiger partial charge in [0.15, 0.2) is 11.5 Å². The van der Waals surface area contributed by atoms with Gasteiger partial charge in [-0.2, -0.15) is 0 Å². The van der Waals surface area contributed by atoms with Gasteiger partial charge in [0.2, 0.25) is 6.79 Å². The van der Waals surface area contributed by atoms with Crippen LogP contribution in [0.2, 0.25) is 0 Å². The molecular formula is C15H17N3O4. The second kappa shape index (κ2) is 5.59. The third kappa shape index (κ3) is 2.57. The number of aromatic amines is 1. The summed E-state index contributed by atoms with van der Waals surface area (Å²) in [6.45, 7) is 4.25. The molecule has 0 radical (unpaired) electrons. The molecule has 0 spiro atoms. The monoisotopic (exact) mass is 303 g/mol. The van der Waals surface area contributed by atoms with Gasteiger partial charge in [-0.1, -0.05) is 6.07 Å².